The number of nitrogens with zero attached hydrogens (tertiary/aromatic N) is 3. The van der Waals surface area contributed by atoms with Crippen molar-refractivity contribution in [1.82, 2.24) is 20.2 Å². The first kappa shape index (κ1) is 37.6. The molecule has 2 aromatic heterocycles. The Kier molecular flexibility index (Phi) is 11.3. The van der Waals surface area contributed by atoms with E-state index in [0.717, 1.165) is 11.1 Å². The zero-order valence-corrected chi connectivity index (χ0v) is 28.1. The molecule has 13 nitrogen and oxygen atoms in total. The number of oxazole rings is 1. The number of pyridine rings is 1. The molecule has 0 saturated carbocycles. The van der Waals surface area contributed by atoms with Gasteiger partial charge >= 0.3 is 12.1 Å². The number of nitrogens with two attached hydrogens (primary N) is 1. The number of rotatable bonds is 10. The fourth-order valence-electron chi connectivity index (χ4n) is 5.58. The summed E-state index contributed by atoms with van der Waals surface area (Å²) in [6, 6.07) is 20.0. The van der Waals surface area contributed by atoms with Crippen molar-refractivity contribution in [2.45, 2.75) is 36.4 Å². The van der Waals surface area contributed by atoms with E-state index in [4.69, 9.17) is 20.1 Å². The number of amides is 2. The molecule has 52 heavy (non-hydrogen) atoms. The molecule has 4 N–H and O–H groups in total. The molecule has 0 aliphatic carbocycles. The fourth-order valence-corrected chi connectivity index (χ4v) is 6.91. The van der Waals surface area contributed by atoms with E-state index in [9.17, 15) is 36.0 Å². The largest absolute Gasteiger partial charge is 0.490 e. The Labute approximate surface area is 294 Å². The molecule has 3 heterocycles. The lowest BCUT2D eigenvalue weighted by Gasteiger charge is -2.22. The highest BCUT2D eigenvalue weighted by atomic mass is 32.2. The van der Waals surface area contributed by atoms with E-state index in [-0.39, 0.29) is 34.8 Å². The second-order valence-corrected chi connectivity index (χ2v) is 13.8. The molecule has 272 valence electrons. The summed E-state index contributed by atoms with van der Waals surface area (Å²) in [6.07, 6.45) is -2.05. The molecule has 5 aromatic rings. The number of nitrogens with one attached hydrogen (secondary N) is 1. The van der Waals surface area contributed by atoms with E-state index >= 15 is 0 Å². The average molecular weight is 740 g/mol. The van der Waals surface area contributed by atoms with Crippen LogP contribution < -0.4 is 11.1 Å². The number of carboxylic acid groups (broad SMARTS) is 1. The highest BCUT2D eigenvalue weighted by Gasteiger charge is 2.38. The average Bonchev–Trinajstić information content (AvgIpc) is 3.80. The molecule has 1 aliphatic rings. The van der Waals surface area contributed by atoms with Gasteiger partial charge in [-0.2, -0.15) is 13.2 Å². The molecule has 17 heteroatoms. The van der Waals surface area contributed by atoms with Gasteiger partial charge in [-0.1, -0.05) is 30.3 Å². The Morgan fingerprint density at radius 2 is 1.67 bits per heavy atom. The molecule has 1 saturated heterocycles. The van der Waals surface area contributed by atoms with E-state index in [1.54, 1.807) is 60.7 Å². The topological polar surface area (TPSA) is 203 Å². The lowest BCUT2D eigenvalue weighted by atomic mass is 10.0. The number of hydrogen-bond donors (Lipinski definition) is 3. The van der Waals surface area contributed by atoms with E-state index in [2.05, 4.69) is 15.3 Å². The lowest BCUT2D eigenvalue weighted by molar-refractivity contribution is -0.192. The van der Waals surface area contributed by atoms with Crippen LogP contribution in [0.25, 0.3) is 33.1 Å². The Morgan fingerprint density at radius 1 is 0.981 bits per heavy atom. The third kappa shape index (κ3) is 8.60. The van der Waals surface area contributed by atoms with Gasteiger partial charge in [0.05, 0.1) is 28.3 Å². The molecular formula is C35H32F3N5O8S. The zero-order valence-electron chi connectivity index (χ0n) is 27.3. The number of halogens is 3. The van der Waals surface area contributed by atoms with Crippen molar-refractivity contribution in [3.05, 3.63) is 90.4 Å². The van der Waals surface area contributed by atoms with Crippen LogP contribution in [0.5, 0.6) is 0 Å². The summed E-state index contributed by atoms with van der Waals surface area (Å²) in [7, 11) is -3.42. The number of Topliss-reactive ketones (excluding diaryl/α,β-unsaturated/α-hetero) is 1. The number of benzene rings is 3. The number of sulfone groups is 1. The van der Waals surface area contributed by atoms with Crippen LogP contribution in [-0.4, -0.2) is 89.6 Å². The minimum Gasteiger partial charge on any atom is -0.475 e. The van der Waals surface area contributed by atoms with E-state index < -0.39 is 33.9 Å². The maximum atomic E-state index is 13.3. The van der Waals surface area contributed by atoms with Crippen LogP contribution in [0.2, 0.25) is 0 Å². The van der Waals surface area contributed by atoms with Crippen LogP contribution >= 0.6 is 0 Å². The predicted molar refractivity (Wildman–Crippen MR) is 182 cm³/mol. The van der Waals surface area contributed by atoms with Gasteiger partial charge in [0.15, 0.2) is 15.4 Å². The number of carboxylic acids is 1. The van der Waals surface area contributed by atoms with Gasteiger partial charge in [-0.25, -0.2) is 18.2 Å². The number of carbonyl (C=O) groups is 4. The summed E-state index contributed by atoms with van der Waals surface area (Å²) in [4.78, 5) is 59.0. The highest BCUT2D eigenvalue weighted by molar-refractivity contribution is 7.91. The van der Waals surface area contributed by atoms with Gasteiger partial charge in [0.1, 0.15) is 11.6 Å². The molecule has 1 aliphatic heterocycles. The van der Waals surface area contributed by atoms with Crippen molar-refractivity contribution in [3.63, 3.8) is 0 Å². The first-order chi connectivity index (χ1) is 24.7. The molecule has 2 amide bonds. The first-order valence-electron chi connectivity index (χ1n) is 15.9. The van der Waals surface area contributed by atoms with Crippen LogP contribution in [0.1, 0.15) is 40.3 Å². The highest BCUT2D eigenvalue weighted by Crippen LogP contribution is 2.28. The fraction of sp³-hybridized carbons (Fsp3) is 0.257. The molecule has 1 fully saturated rings. The van der Waals surface area contributed by atoms with Gasteiger partial charge < -0.3 is 25.5 Å². The summed E-state index contributed by atoms with van der Waals surface area (Å²) < 4.78 is 62.4. The smallest absolute Gasteiger partial charge is 0.475 e. The van der Waals surface area contributed by atoms with Gasteiger partial charge in [-0.3, -0.25) is 19.4 Å². The van der Waals surface area contributed by atoms with Gasteiger partial charge in [-0.15, -0.1) is 0 Å². The first-order valence-corrected chi connectivity index (χ1v) is 17.5. The van der Waals surface area contributed by atoms with Crippen molar-refractivity contribution < 1.29 is 50.3 Å². The predicted octanol–water partition coefficient (Wildman–Crippen LogP) is 4.40. The van der Waals surface area contributed by atoms with Crippen molar-refractivity contribution in [3.8, 4) is 11.1 Å². The number of likely N-dealkylation sites (tertiary alicyclic amines) is 1. The second kappa shape index (κ2) is 15.7. The van der Waals surface area contributed by atoms with Crippen LogP contribution in [0.3, 0.4) is 0 Å². The Morgan fingerprint density at radius 3 is 2.35 bits per heavy atom. The van der Waals surface area contributed by atoms with Gasteiger partial charge in [-0.05, 0) is 79.4 Å². The third-order valence-electron chi connectivity index (χ3n) is 8.17. The van der Waals surface area contributed by atoms with E-state index in [0.29, 0.717) is 59.9 Å². The molecule has 6 rings (SSSR count). The number of hydrogen-bond acceptors (Lipinski definition) is 10. The van der Waals surface area contributed by atoms with Crippen molar-refractivity contribution in [2.75, 3.05) is 25.4 Å². The second-order valence-electron chi connectivity index (χ2n) is 11.7. The monoisotopic (exact) mass is 739 g/mol. The summed E-state index contributed by atoms with van der Waals surface area (Å²) >= 11 is 0. The SMILES string of the molecule is NCCCS(=O)(=O)c1ccc(-c2ccc3nccc(C(=O)NCC(=O)N4CCC[C@H]4C(=O)c4nc5ccccc5o4)c3c2)cc1.O=C(O)C(F)(F)F. The van der Waals surface area contributed by atoms with Crippen LogP contribution in [-0.2, 0) is 19.4 Å². The maximum Gasteiger partial charge on any atom is 0.490 e. The van der Waals surface area contributed by atoms with Gasteiger partial charge in [0.2, 0.25) is 11.7 Å². The molecule has 0 unspecified atom stereocenters. The standard InChI is InChI=1S/C33H31N5O6S.C2HF3O2/c34-15-4-18-45(42,43)23-11-8-21(9-12-23)22-10-13-26-25(19-22)24(14-16-35-26)32(41)36-20-30(39)38-17-3-6-28(38)31(40)33-37-27-5-1-2-7-29(27)44-33;3-2(4,5)1(6)7/h1-2,5,7-14,16,19,28H,3-4,6,15,17-18,20,34H2,(H,36,41);(H,6,7)/t28-;/m0./s1. The van der Waals surface area contributed by atoms with Crippen molar-refractivity contribution in [1.29, 1.82) is 0 Å². The van der Waals surface area contributed by atoms with Crippen LogP contribution in [0.15, 0.2) is 88.3 Å². The Bertz CT molecular complexity index is 2210. The number of ketones is 1. The number of carbonyl (C=O) groups excluding carboxylic acids is 3. The molecule has 1 atom stereocenters. The zero-order chi connectivity index (χ0) is 37.6. The lowest BCUT2D eigenvalue weighted by Crippen LogP contribution is -2.45. The number of aromatic nitrogens is 2. The summed E-state index contributed by atoms with van der Waals surface area (Å²) in [5.74, 6) is -4.01. The molecule has 0 spiro atoms. The Hall–Kier alpha value is -5.68. The minimum atomic E-state index is -5.08. The summed E-state index contributed by atoms with van der Waals surface area (Å²) in [5, 5.41) is 10.4. The molecule has 3 aromatic carbocycles. The van der Waals surface area contributed by atoms with E-state index in [1.165, 1.54) is 11.1 Å². The summed E-state index contributed by atoms with van der Waals surface area (Å²) in [6.45, 7) is 0.395. The number of para-hydroxylation sites is 2. The van der Waals surface area contributed by atoms with Crippen LogP contribution in [0.4, 0.5) is 13.2 Å². The minimum absolute atomic E-state index is 0.0152. The normalized spacial score (nSPS) is 14.5. The van der Waals surface area contributed by atoms with Gasteiger partial charge in [0, 0.05) is 18.1 Å². The van der Waals surface area contributed by atoms with Gasteiger partial charge in [0.25, 0.3) is 11.8 Å². The summed E-state index contributed by atoms with van der Waals surface area (Å²) in [5.41, 5.74) is 8.99. The molecular weight excluding hydrogens is 707 g/mol. The van der Waals surface area contributed by atoms with Crippen molar-refractivity contribution >= 4 is 55.4 Å². The quantitative estimate of drug-likeness (QED) is 0.171. The molecule has 0 radical (unpaired) electrons. The van der Waals surface area contributed by atoms with Crippen LogP contribution in [0, 0.1) is 0 Å². The third-order valence-corrected chi connectivity index (χ3v) is 9.99. The van der Waals surface area contributed by atoms with E-state index in [1.807, 2.05) is 12.1 Å². The van der Waals surface area contributed by atoms with Crippen molar-refractivity contribution in [2.24, 2.45) is 5.73 Å². The Balaban J connectivity index is 0.000000679. The number of alkyl halides is 3. The molecule has 0 bridgehead atoms. The number of aliphatic carboxylic acids is 1. The maximum absolute atomic E-state index is 13.3. The number of fused-ring (bicyclic) bond motifs is 2.